The van der Waals surface area contributed by atoms with Crippen molar-refractivity contribution in [3.05, 3.63) is 70.5 Å². The lowest BCUT2D eigenvalue weighted by Gasteiger charge is -2.24. The first kappa shape index (κ1) is 14.0. The maximum atomic E-state index is 13.7. The number of halogens is 2. The Hall–Kier alpha value is -1.38. The second kappa shape index (κ2) is 5.72. The van der Waals surface area contributed by atoms with Gasteiger partial charge in [-0.25, -0.2) is 4.39 Å². The predicted octanol–water partition coefficient (Wildman–Crippen LogP) is 4.02. The van der Waals surface area contributed by atoms with Gasteiger partial charge >= 0.3 is 0 Å². The van der Waals surface area contributed by atoms with E-state index in [2.05, 4.69) is 0 Å². The SMILES string of the molecule is CC(O)(Cc1ccccc1)Cc1c(F)cccc1Cl. The zero-order valence-electron chi connectivity index (χ0n) is 10.7. The van der Waals surface area contributed by atoms with Crippen molar-refractivity contribution in [1.82, 2.24) is 0 Å². The molecule has 2 aromatic rings. The summed E-state index contributed by atoms with van der Waals surface area (Å²) in [5, 5.41) is 10.8. The molecule has 1 nitrogen and oxygen atoms in total. The van der Waals surface area contributed by atoms with Crippen molar-refractivity contribution in [1.29, 1.82) is 0 Å². The summed E-state index contributed by atoms with van der Waals surface area (Å²) in [6, 6.07) is 14.2. The molecule has 1 N–H and O–H groups in total. The van der Waals surface area contributed by atoms with Crippen molar-refractivity contribution < 1.29 is 9.50 Å². The van der Waals surface area contributed by atoms with E-state index >= 15 is 0 Å². The molecule has 0 saturated carbocycles. The smallest absolute Gasteiger partial charge is 0.127 e. The minimum atomic E-state index is -1.03. The van der Waals surface area contributed by atoms with Crippen molar-refractivity contribution in [2.75, 3.05) is 0 Å². The molecule has 0 radical (unpaired) electrons. The van der Waals surface area contributed by atoms with Crippen LogP contribution in [0.2, 0.25) is 5.02 Å². The van der Waals surface area contributed by atoms with E-state index in [0.29, 0.717) is 17.0 Å². The van der Waals surface area contributed by atoms with Crippen LogP contribution in [0.3, 0.4) is 0 Å². The summed E-state index contributed by atoms with van der Waals surface area (Å²) in [6.45, 7) is 1.70. The fourth-order valence-corrected chi connectivity index (χ4v) is 2.41. The number of hydrogen-bond acceptors (Lipinski definition) is 1. The van der Waals surface area contributed by atoms with Gasteiger partial charge in [0.05, 0.1) is 5.60 Å². The molecule has 0 spiro atoms. The fourth-order valence-electron chi connectivity index (χ4n) is 2.18. The Bertz CT molecular complexity index is 532. The lowest BCUT2D eigenvalue weighted by Crippen LogP contribution is -2.30. The van der Waals surface area contributed by atoms with Crippen LogP contribution >= 0.6 is 11.6 Å². The average molecular weight is 279 g/mol. The Morgan fingerprint density at radius 2 is 1.74 bits per heavy atom. The largest absolute Gasteiger partial charge is 0.389 e. The lowest BCUT2D eigenvalue weighted by atomic mass is 9.89. The van der Waals surface area contributed by atoms with Crippen LogP contribution in [0.15, 0.2) is 48.5 Å². The maximum Gasteiger partial charge on any atom is 0.127 e. The van der Waals surface area contributed by atoms with Crippen molar-refractivity contribution in [2.45, 2.75) is 25.4 Å². The maximum absolute atomic E-state index is 13.7. The number of benzene rings is 2. The highest BCUT2D eigenvalue weighted by atomic mass is 35.5. The Kier molecular flexibility index (Phi) is 4.23. The summed E-state index contributed by atoms with van der Waals surface area (Å²) in [5.41, 5.74) is 0.345. The Balaban J connectivity index is 2.17. The molecule has 19 heavy (non-hydrogen) atoms. The van der Waals surface area contributed by atoms with Crippen molar-refractivity contribution in [2.24, 2.45) is 0 Å². The van der Waals surface area contributed by atoms with Gasteiger partial charge in [0.2, 0.25) is 0 Å². The molecule has 0 saturated heterocycles. The van der Waals surface area contributed by atoms with Gasteiger partial charge in [-0.05, 0) is 24.6 Å². The first-order valence-corrected chi connectivity index (χ1v) is 6.55. The van der Waals surface area contributed by atoms with Crippen LogP contribution in [-0.4, -0.2) is 10.7 Å². The van der Waals surface area contributed by atoms with Gasteiger partial charge in [0.1, 0.15) is 5.82 Å². The third kappa shape index (κ3) is 3.79. The second-order valence-electron chi connectivity index (χ2n) is 5.04. The van der Waals surface area contributed by atoms with Gasteiger partial charge in [-0.3, -0.25) is 0 Å². The molecule has 3 heteroatoms. The van der Waals surface area contributed by atoms with Crippen LogP contribution in [-0.2, 0) is 12.8 Å². The third-order valence-corrected chi connectivity index (χ3v) is 3.40. The van der Waals surface area contributed by atoms with E-state index in [0.717, 1.165) is 5.56 Å². The standard InChI is InChI=1S/C16H16ClFO/c1-16(19,10-12-6-3-2-4-7-12)11-13-14(17)8-5-9-15(13)18/h2-9,19H,10-11H2,1H3. The van der Waals surface area contributed by atoms with E-state index in [9.17, 15) is 9.50 Å². The van der Waals surface area contributed by atoms with Gasteiger partial charge in [-0.1, -0.05) is 48.0 Å². The highest BCUT2D eigenvalue weighted by Crippen LogP contribution is 2.26. The normalized spacial score (nSPS) is 14.1. The lowest BCUT2D eigenvalue weighted by molar-refractivity contribution is 0.0599. The monoisotopic (exact) mass is 278 g/mol. The molecule has 0 aliphatic heterocycles. The molecule has 2 rings (SSSR count). The molecule has 0 bridgehead atoms. The first-order valence-electron chi connectivity index (χ1n) is 6.17. The van der Waals surface area contributed by atoms with Gasteiger partial charge in [0.25, 0.3) is 0 Å². The van der Waals surface area contributed by atoms with Gasteiger partial charge in [0, 0.05) is 23.4 Å². The molecule has 0 aliphatic rings. The fraction of sp³-hybridized carbons (Fsp3) is 0.250. The van der Waals surface area contributed by atoms with Crippen molar-refractivity contribution in [3.63, 3.8) is 0 Å². The Labute approximate surface area is 117 Å². The molecule has 1 unspecified atom stereocenters. The molecule has 0 aliphatic carbocycles. The molecular formula is C16H16ClFO. The van der Waals surface area contributed by atoms with Crippen LogP contribution in [0.25, 0.3) is 0 Å². The topological polar surface area (TPSA) is 20.2 Å². The zero-order chi connectivity index (χ0) is 13.9. The van der Waals surface area contributed by atoms with E-state index in [1.54, 1.807) is 19.1 Å². The molecule has 1 atom stereocenters. The Morgan fingerprint density at radius 1 is 1.05 bits per heavy atom. The van der Waals surface area contributed by atoms with E-state index in [1.807, 2.05) is 30.3 Å². The molecule has 0 heterocycles. The second-order valence-corrected chi connectivity index (χ2v) is 5.44. The summed E-state index contributed by atoms with van der Waals surface area (Å²) in [6.07, 6.45) is 0.645. The first-order chi connectivity index (χ1) is 8.98. The van der Waals surface area contributed by atoms with Crippen LogP contribution in [0, 0.1) is 5.82 Å². The minimum Gasteiger partial charge on any atom is -0.389 e. The summed E-state index contributed by atoms with van der Waals surface area (Å²) in [4.78, 5) is 0. The molecule has 100 valence electrons. The number of hydrogen-bond donors (Lipinski definition) is 1. The van der Waals surface area contributed by atoms with Crippen LogP contribution < -0.4 is 0 Å². The van der Waals surface area contributed by atoms with E-state index in [4.69, 9.17) is 11.6 Å². The van der Waals surface area contributed by atoms with Crippen molar-refractivity contribution >= 4 is 11.6 Å². The van der Waals surface area contributed by atoms with E-state index in [1.165, 1.54) is 6.07 Å². The predicted molar refractivity (Wildman–Crippen MR) is 75.9 cm³/mol. The molecular weight excluding hydrogens is 263 g/mol. The van der Waals surface area contributed by atoms with Crippen LogP contribution in [0.1, 0.15) is 18.1 Å². The quantitative estimate of drug-likeness (QED) is 0.896. The highest BCUT2D eigenvalue weighted by Gasteiger charge is 2.24. The van der Waals surface area contributed by atoms with Gasteiger partial charge in [-0.15, -0.1) is 0 Å². The van der Waals surface area contributed by atoms with Gasteiger partial charge in [0.15, 0.2) is 0 Å². The summed E-state index contributed by atoms with van der Waals surface area (Å²) >= 11 is 5.99. The van der Waals surface area contributed by atoms with Gasteiger partial charge in [-0.2, -0.15) is 0 Å². The van der Waals surface area contributed by atoms with E-state index < -0.39 is 5.60 Å². The summed E-state index contributed by atoms with van der Waals surface area (Å²) in [7, 11) is 0. The van der Waals surface area contributed by atoms with Crippen molar-refractivity contribution in [3.8, 4) is 0 Å². The summed E-state index contributed by atoms with van der Waals surface area (Å²) in [5.74, 6) is -0.374. The number of rotatable bonds is 4. The van der Waals surface area contributed by atoms with Gasteiger partial charge < -0.3 is 5.11 Å². The third-order valence-electron chi connectivity index (χ3n) is 3.05. The molecule has 0 aromatic heterocycles. The zero-order valence-corrected chi connectivity index (χ0v) is 11.5. The number of aliphatic hydroxyl groups is 1. The van der Waals surface area contributed by atoms with E-state index in [-0.39, 0.29) is 12.2 Å². The molecule has 0 amide bonds. The average Bonchev–Trinajstić information content (AvgIpc) is 2.35. The highest BCUT2D eigenvalue weighted by molar-refractivity contribution is 6.31. The Morgan fingerprint density at radius 3 is 2.37 bits per heavy atom. The molecule has 0 fully saturated rings. The molecule has 2 aromatic carbocycles. The van der Waals surface area contributed by atoms with Crippen LogP contribution in [0.4, 0.5) is 4.39 Å². The van der Waals surface area contributed by atoms with Crippen LogP contribution in [0.5, 0.6) is 0 Å². The minimum absolute atomic E-state index is 0.188. The summed E-state index contributed by atoms with van der Waals surface area (Å²) < 4.78 is 13.7.